The number of rotatable bonds is 4. The van der Waals surface area contributed by atoms with Crippen molar-refractivity contribution in [1.82, 2.24) is 0 Å². The SMILES string of the molecule is N#Cc1ccc(C(O)CNc2ccccc2Br)cc1. The maximum Gasteiger partial charge on any atom is 0.0991 e. The second-order valence-corrected chi connectivity index (χ2v) is 4.96. The maximum absolute atomic E-state index is 10.1. The first-order chi connectivity index (χ1) is 9.20. The Morgan fingerprint density at radius 2 is 1.84 bits per heavy atom. The van der Waals surface area contributed by atoms with Crippen LogP contribution >= 0.6 is 15.9 Å². The minimum Gasteiger partial charge on any atom is -0.387 e. The van der Waals surface area contributed by atoms with Gasteiger partial charge in [-0.15, -0.1) is 0 Å². The highest BCUT2D eigenvalue weighted by molar-refractivity contribution is 9.10. The number of benzene rings is 2. The largest absolute Gasteiger partial charge is 0.387 e. The van der Waals surface area contributed by atoms with Gasteiger partial charge in [-0.05, 0) is 45.8 Å². The lowest BCUT2D eigenvalue weighted by atomic mass is 10.1. The van der Waals surface area contributed by atoms with Crippen molar-refractivity contribution in [3.05, 3.63) is 64.1 Å². The first kappa shape index (κ1) is 13.6. The van der Waals surface area contributed by atoms with Crippen LogP contribution < -0.4 is 5.32 Å². The van der Waals surface area contributed by atoms with E-state index in [2.05, 4.69) is 27.3 Å². The van der Waals surface area contributed by atoms with Gasteiger partial charge in [-0.3, -0.25) is 0 Å². The van der Waals surface area contributed by atoms with Crippen molar-refractivity contribution in [3.63, 3.8) is 0 Å². The highest BCUT2D eigenvalue weighted by Gasteiger charge is 2.08. The molecular formula is C15H13BrN2O. The molecule has 2 aromatic rings. The Balaban J connectivity index is 1.99. The number of aliphatic hydroxyl groups excluding tert-OH is 1. The van der Waals surface area contributed by atoms with Crippen molar-refractivity contribution in [3.8, 4) is 6.07 Å². The Morgan fingerprint density at radius 3 is 2.47 bits per heavy atom. The van der Waals surface area contributed by atoms with Crippen LogP contribution in [-0.2, 0) is 0 Å². The van der Waals surface area contributed by atoms with Gasteiger partial charge in [0.15, 0.2) is 0 Å². The zero-order valence-electron chi connectivity index (χ0n) is 10.2. The van der Waals surface area contributed by atoms with E-state index in [0.717, 1.165) is 15.7 Å². The minimum atomic E-state index is -0.611. The van der Waals surface area contributed by atoms with E-state index in [1.807, 2.05) is 24.3 Å². The molecule has 0 saturated heterocycles. The number of nitrogens with zero attached hydrogens (tertiary/aromatic N) is 1. The molecule has 1 atom stereocenters. The van der Waals surface area contributed by atoms with Gasteiger partial charge in [-0.25, -0.2) is 0 Å². The summed E-state index contributed by atoms with van der Waals surface area (Å²) >= 11 is 3.44. The van der Waals surface area contributed by atoms with Gasteiger partial charge in [0.2, 0.25) is 0 Å². The molecule has 19 heavy (non-hydrogen) atoms. The van der Waals surface area contributed by atoms with Crippen LogP contribution in [0.2, 0.25) is 0 Å². The van der Waals surface area contributed by atoms with Crippen LogP contribution in [0.5, 0.6) is 0 Å². The Bertz CT molecular complexity index is 590. The Kier molecular flexibility index (Phi) is 4.56. The topological polar surface area (TPSA) is 56.0 Å². The quantitative estimate of drug-likeness (QED) is 0.908. The highest BCUT2D eigenvalue weighted by Crippen LogP contribution is 2.22. The van der Waals surface area contributed by atoms with Crippen LogP contribution in [0.4, 0.5) is 5.69 Å². The van der Waals surface area contributed by atoms with Crippen molar-refractivity contribution in [2.75, 3.05) is 11.9 Å². The van der Waals surface area contributed by atoms with Gasteiger partial charge in [0.05, 0.1) is 17.7 Å². The molecule has 0 aliphatic heterocycles. The third-order valence-corrected chi connectivity index (χ3v) is 3.48. The van der Waals surface area contributed by atoms with Crippen LogP contribution in [0, 0.1) is 11.3 Å². The van der Waals surface area contributed by atoms with Gasteiger partial charge in [0.25, 0.3) is 0 Å². The molecule has 4 heteroatoms. The van der Waals surface area contributed by atoms with Crippen LogP contribution in [0.1, 0.15) is 17.2 Å². The molecule has 0 heterocycles. The Morgan fingerprint density at radius 1 is 1.16 bits per heavy atom. The number of halogens is 1. The normalized spacial score (nSPS) is 11.6. The number of aliphatic hydroxyl groups is 1. The van der Waals surface area contributed by atoms with Crippen molar-refractivity contribution >= 4 is 21.6 Å². The fraction of sp³-hybridized carbons (Fsp3) is 0.133. The van der Waals surface area contributed by atoms with E-state index >= 15 is 0 Å². The fourth-order valence-electron chi connectivity index (χ4n) is 1.71. The summed E-state index contributed by atoms with van der Waals surface area (Å²) in [6.07, 6.45) is -0.611. The highest BCUT2D eigenvalue weighted by atomic mass is 79.9. The van der Waals surface area contributed by atoms with Gasteiger partial charge >= 0.3 is 0 Å². The molecule has 96 valence electrons. The lowest BCUT2D eigenvalue weighted by Gasteiger charge is -2.14. The lowest BCUT2D eigenvalue weighted by molar-refractivity contribution is 0.191. The minimum absolute atomic E-state index is 0.411. The first-order valence-electron chi connectivity index (χ1n) is 5.87. The molecule has 0 aliphatic rings. The van der Waals surface area contributed by atoms with Gasteiger partial charge in [0.1, 0.15) is 0 Å². The third-order valence-electron chi connectivity index (χ3n) is 2.78. The summed E-state index contributed by atoms with van der Waals surface area (Å²) in [4.78, 5) is 0. The number of hydrogen-bond acceptors (Lipinski definition) is 3. The predicted molar refractivity (Wildman–Crippen MR) is 78.7 cm³/mol. The number of nitriles is 1. The van der Waals surface area contributed by atoms with Gasteiger partial charge in [0, 0.05) is 16.7 Å². The van der Waals surface area contributed by atoms with E-state index in [1.165, 1.54) is 0 Å². The zero-order chi connectivity index (χ0) is 13.7. The summed E-state index contributed by atoms with van der Waals surface area (Å²) in [5.74, 6) is 0. The molecule has 2 aromatic carbocycles. The number of para-hydroxylation sites is 1. The number of hydrogen-bond donors (Lipinski definition) is 2. The molecule has 2 N–H and O–H groups in total. The molecule has 3 nitrogen and oxygen atoms in total. The van der Waals surface area contributed by atoms with Crippen molar-refractivity contribution in [2.24, 2.45) is 0 Å². The number of nitrogens with one attached hydrogen (secondary N) is 1. The molecule has 0 amide bonds. The second-order valence-electron chi connectivity index (χ2n) is 4.11. The van der Waals surface area contributed by atoms with Crippen LogP contribution in [0.25, 0.3) is 0 Å². The van der Waals surface area contributed by atoms with Crippen LogP contribution in [-0.4, -0.2) is 11.7 Å². The standard InChI is InChI=1S/C15H13BrN2O/c16-13-3-1-2-4-14(13)18-10-15(19)12-7-5-11(9-17)6-8-12/h1-8,15,18-19H,10H2. The van der Waals surface area contributed by atoms with E-state index in [9.17, 15) is 5.11 Å². The van der Waals surface area contributed by atoms with Crippen molar-refractivity contribution in [2.45, 2.75) is 6.10 Å². The zero-order valence-corrected chi connectivity index (χ0v) is 11.8. The molecule has 0 aliphatic carbocycles. The van der Waals surface area contributed by atoms with Gasteiger partial charge in [-0.1, -0.05) is 24.3 Å². The first-order valence-corrected chi connectivity index (χ1v) is 6.66. The molecule has 0 saturated carbocycles. The summed E-state index contributed by atoms with van der Waals surface area (Å²) < 4.78 is 0.960. The fourth-order valence-corrected chi connectivity index (χ4v) is 2.13. The van der Waals surface area contributed by atoms with Crippen LogP contribution in [0.15, 0.2) is 53.0 Å². The second kappa shape index (κ2) is 6.37. The van der Waals surface area contributed by atoms with Crippen LogP contribution in [0.3, 0.4) is 0 Å². The molecule has 0 fully saturated rings. The van der Waals surface area contributed by atoms with E-state index in [0.29, 0.717) is 12.1 Å². The summed E-state index contributed by atoms with van der Waals surface area (Å²) in [6.45, 7) is 0.411. The molecule has 0 radical (unpaired) electrons. The molecular weight excluding hydrogens is 304 g/mol. The van der Waals surface area contributed by atoms with Gasteiger partial charge in [-0.2, -0.15) is 5.26 Å². The summed E-state index contributed by atoms with van der Waals surface area (Å²) in [6, 6.07) is 16.8. The molecule has 0 spiro atoms. The van der Waals surface area contributed by atoms with Gasteiger partial charge < -0.3 is 10.4 Å². The molecule has 1 unspecified atom stereocenters. The molecule has 0 aromatic heterocycles. The van der Waals surface area contributed by atoms with E-state index in [4.69, 9.17) is 5.26 Å². The summed E-state index contributed by atoms with van der Waals surface area (Å²) in [7, 11) is 0. The van der Waals surface area contributed by atoms with E-state index in [-0.39, 0.29) is 0 Å². The average molecular weight is 317 g/mol. The molecule has 0 bridgehead atoms. The van der Waals surface area contributed by atoms with Crippen molar-refractivity contribution < 1.29 is 5.11 Å². The van der Waals surface area contributed by atoms with E-state index < -0.39 is 6.10 Å². The van der Waals surface area contributed by atoms with Crippen molar-refractivity contribution in [1.29, 1.82) is 5.26 Å². The third kappa shape index (κ3) is 3.57. The monoisotopic (exact) mass is 316 g/mol. The smallest absolute Gasteiger partial charge is 0.0991 e. The van der Waals surface area contributed by atoms with E-state index in [1.54, 1.807) is 24.3 Å². The number of anilines is 1. The molecule has 2 rings (SSSR count). The predicted octanol–water partition coefficient (Wildman–Crippen LogP) is 3.47. The lowest BCUT2D eigenvalue weighted by Crippen LogP contribution is -2.12. The summed E-state index contributed by atoms with van der Waals surface area (Å²) in [5, 5.41) is 22.0. The average Bonchev–Trinajstić information content (AvgIpc) is 2.46. The Labute approximate surface area is 120 Å². The maximum atomic E-state index is 10.1. The summed E-state index contributed by atoms with van der Waals surface area (Å²) in [5.41, 5.74) is 2.32. The Hall–Kier alpha value is -1.83.